The molecule has 0 aliphatic heterocycles. The highest BCUT2D eigenvalue weighted by Crippen LogP contribution is 2.39. The topological polar surface area (TPSA) is 0 Å². The highest BCUT2D eigenvalue weighted by atomic mass is 127. The van der Waals surface area contributed by atoms with Crippen LogP contribution in [0.4, 0.5) is 0 Å². The zero-order valence-electron chi connectivity index (χ0n) is 3.32. The second kappa shape index (κ2) is 2.15. The minimum atomic E-state index is 0.903. The van der Waals surface area contributed by atoms with E-state index in [2.05, 4.69) is 45.2 Å². The normalized spacial score (nSPS) is 22.5. The van der Waals surface area contributed by atoms with Crippen LogP contribution in [-0.4, -0.2) is 1.93 Å². The summed E-state index contributed by atoms with van der Waals surface area (Å²) in [4.78, 5) is 0. The first-order chi connectivity index (χ1) is 2.80. The molecule has 0 aromatic heterocycles. The molecule has 1 rings (SSSR count). The molecule has 0 nitrogen and oxygen atoms in total. The summed E-state index contributed by atoms with van der Waals surface area (Å²) >= 11 is 4.96. The molecular weight excluding hydrogens is 302 g/mol. The van der Waals surface area contributed by atoms with Crippen molar-refractivity contribution in [2.75, 3.05) is 0 Å². The van der Waals surface area contributed by atoms with Gasteiger partial charge >= 0.3 is 0 Å². The molecule has 0 bridgehead atoms. The molecule has 0 radical (unpaired) electrons. The summed E-state index contributed by atoms with van der Waals surface area (Å²) in [7, 11) is 0. The summed E-state index contributed by atoms with van der Waals surface area (Å²) < 4.78 is 0.903. The van der Waals surface area contributed by atoms with Crippen molar-refractivity contribution < 1.29 is 0 Å². The van der Waals surface area contributed by atoms with Gasteiger partial charge in [-0.25, -0.2) is 0 Å². The SMILES string of the molecule is IC(I)C1CC1. The monoisotopic (exact) mass is 308 g/mol. The van der Waals surface area contributed by atoms with E-state index in [1.807, 2.05) is 0 Å². The van der Waals surface area contributed by atoms with Crippen molar-refractivity contribution >= 4 is 45.2 Å². The predicted octanol–water partition coefficient (Wildman–Crippen LogP) is 2.59. The van der Waals surface area contributed by atoms with Crippen molar-refractivity contribution in [1.29, 1.82) is 0 Å². The number of alkyl halides is 2. The molecule has 0 amide bonds. The average Bonchev–Trinajstić information content (AvgIpc) is 2.06. The van der Waals surface area contributed by atoms with Gasteiger partial charge in [0.25, 0.3) is 0 Å². The third-order valence-corrected chi connectivity index (χ3v) is 3.01. The maximum atomic E-state index is 2.48. The van der Waals surface area contributed by atoms with Crippen molar-refractivity contribution in [1.82, 2.24) is 0 Å². The molecule has 0 heterocycles. The summed E-state index contributed by atoms with van der Waals surface area (Å²) in [6.07, 6.45) is 2.97. The van der Waals surface area contributed by atoms with E-state index in [-0.39, 0.29) is 0 Å². The zero-order chi connectivity index (χ0) is 4.57. The zero-order valence-corrected chi connectivity index (χ0v) is 7.64. The molecule has 1 aliphatic rings. The molecule has 0 saturated heterocycles. The van der Waals surface area contributed by atoms with Gasteiger partial charge in [-0.2, -0.15) is 0 Å². The summed E-state index contributed by atoms with van der Waals surface area (Å²) in [5, 5.41) is 0. The molecule has 2 heteroatoms. The van der Waals surface area contributed by atoms with Crippen molar-refractivity contribution in [3.63, 3.8) is 0 Å². The Kier molecular flexibility index (Phi) is 2.01. The van der Waals surface area contributed by atoms with E-state index in [0.29, 0.717) is 0 Å². The lowest BCUT2D eigenvalue weighted by atomic mass is 10.5. The molecule has 0 spiro atoms. The van der Waals surface area contributed by atoms with Crippen LogP contribution in [0.1, 0.15) is 12.8 Å². The summed E-state index contributed by atoms with van der Waals surface area (Å²) in [6, 6.07) is 0. The highest BCUT2D eigenvalue weighted by Gasteiger charge is 2.26. The van der Waals surface area contributed by atoms with Gasteiger partial charge in [0, 0.05) is 0 Å². The molecule has 1 saturated carbocycles. The number of hydrogen-bond donors (Lipinski definition) is 0. The summed E-state index contributed by atoms with van der Waals surface area (Å²) in [5.74, 6) is 1.08. The molecular formula is C4H6I2. The lowest BCUT2D eigenvalue weighted by Gasteiger charge is -1.89. The molecule has 0 aromatic carbocycles. The molecule has 0 aromatic rings. The fourth-order valence-corrected chi connectivity index (χ4v) is 1.79. The maximum absolute atomic E-state index is 2.48. The fourth-order valence-electron chi connectivity index (χ4n) is 0.348. The second-order valence-corrected chi connectivity index (χ2v) is 6.74. The molecule has 36 valence electrons. The Morgan fingerprint density at radius 1 is 1.33 bits per heavy atom. The van der Waals surface area contributed by atoms with Crippen molar-refractivity contribution in [2.45, 2.75) is 14.8 Å². The van der Waals surface area contributed by atoms with Crippen LogP contribution in [0.15, 0.2) is 0 Å². The van der Waals surface area contributed by atoms with Gasteiger partial charge in [0.05, 0.1) is 1.93 Å². The van der Waals surface area contributed by atoms with Crippen molar-refractivity contribution in [3.8, 4) is 0 Å². The van der Waals surface area contributed by atoms with E-state index in [9.17, 15) is 0 Å². The lowest BCUT2D eigenvalue weighted by molar-refractivity contribution is 1.00. The number of rotatable bonds is 1. The van der Waals surface area contributed by atoms with E-state index in [1.165, 1.54) is 12.8 Å². The van der Waals surface area contributed by atoms with E-state index in [0.717, 1.165) is 7.85 Å². The van der Waals surface area contributed by atoms with Crippen LogP contribution in [0.25, 0.3) is 0 Å². The van der Waals surface area contributed by atoms with Gasteiger partial charge in [-0.05, 0) is 18.8 Å². The lowest BCUT2D eigenvalue weighted by Crippen LogP contribution is -1.82. The molecule has 0 N–H and O–H groups in total. The third kappa shape index (κ3) is 1.52. The fraction of sp³-hybridized carbons (Fsp3) is 1.00. The standard InChI is InChI=1S/C4H6I2/c5-4(6)3-1-2-3/h3-4H,1-2H2. The Labute approximate surface area is 65.4 Å². The summed E-state index contributed by atoms with van der Waals surface area (Å²) in [5.41, 5.74) is 0. The Hall–Kier alpha value is 1.46. The van der Waals surface area contributed by atoms with Gasteiger partial charge in [-0.1, -0.05) is 45.2 Å². The highest BCUT2D eigenvalue weighted by molar-refractivity contribution is 14.2. The van der Waals surface area contributed by atoms with Gasteiger partial charge < -0.3 is 0 Å². The van der Waals surface area contributed by atoms with Crippen LogP contribution in [0.2, 0.25) is 0 Å². The minimum absolute atomic E-state index is 0.903. The number of halogens is 2. The van der Waals surface area contributed by atoms with Crippen LogP contribution in [-0.2, 0) is 0 Å². The van der Waals surface area contributed by atoms with Gasteiger partial charge in [-0.3, -0.25) is 0 Å². The molecule has 1 fully saturated rings. The third-order valence-electron chi connectivity index (χ3n) is 0.978. The van der Waals surface area contributed by atoms with Crippen LogP contribution in [0.5, 0.6) is 0 Å². The van der Waals surface area contributed by atoms with E-state index < -0.39 is 0 Å². The van der Waals surface area contributed by atoms with Crippen LogP contribution in [0, 0.1) is 5.92 Å². The van der Waals surface area contributed by atoms with Gasteiger partial charge in [0.1, 0.15) is 0 Å². The van der Waals surface area contributed by atoms with E-state index in [4.69, 9.17) is 0 Å². The first kappa shape index (κ1) is 5.59. The van der Waals surface area contributed by atoms with Crippen molar-refractivity contribution in [2.24, 2.45) is 5.92 Å². The van der Waals surface area contributed by atoms with Crippen LogP contribution < -0.4 is 0 Å². The van der Waals surface area contributed by atoms with E-state index in [1.54, 1.807) is 0 Å². The predicted molar refractivity (Wildman–Crippen MR) is 44.6 cm³/mol. The maximum Gasteiger partial charge on any atom is 0.0654 e. The first-order valence-electron chi connectivity index (χ1n) is 2.09. The van der Waals surface area contributed by atoms with Crippen LogP contribution >= 0.6 is 45.2 Å². The van der Waals surface area contributed by atoms with Gasteiger partial charge in [-0.15, -0.1) is 0 Å². The average molecular weight is 308 g/mol. The molecule has 1 aliphatic carbocycles. The Morgan fingerprint density at radius 2 is 1.83 bits per heavy atom. The number of hydrogen-bond acceptors (Lipinski definition) is 0. The van der Waals surface area contributed by atoms with E-state index >= 15 is 0 Å². The molecule has 0 unspecified atom stereocenters. The first-order valence-corrected chi connectivity index (χ1v) is 4.58. The van der Waals surface area contributed by atoms with Gasteiger partial charge in [0.15, 0.2) is 0 Å². The molecule has 6 heavy (non-hydrogen) atoms. The Bertz CT molecular complexity index is 47.5. The van der Waals surface area contributed by atoms with Crippen molar-refractivity contribution in [3.05, 3.63) is 0 Å². The largest absolute Gasteiger partial charge is 0.0707 e. The van der Waals surface area contributed by atoms with Crippen LogP contribution in [0.3, 0.4) is 0 Å². The Balaban J connectivity index is 2.13. The minimum Gasteiger partial charge on any atom is -0.0707 e. The van der Waals surface area contributed by atoms with Gasteiger partial charge in [0.2, 0.25) is 0 Å². The molecule has 0 atom stereocenters. The Morgan fingerprint density at radius 3 is 1.83 bits per heavy atom. The second-order valence-electron chi connectivity index (χ2n) is 1.67. The summed E-state index contributed by atoms with van der Waals surface area (Å²) in [6.45, 7) is 0. The quantitative estimate of drug-likeness (QED) is 0.516. The smallest absolute Gasteiger partial charge is 0.0654 e.